The van der Waals surface area contributed by atoms with E-state index in [1.54, 1.807) is 7.11 Å². The van der Waals surface area contributed by atoms with E-state index in [0.717, 1.165) is 30.6 Å². The third kappa shape index (κ3) is 3.22. The van der Waals surface area contributed by atoms with Crippen LogP contribution in [-0.2, 0) is 12.8 Å². The summed E-state index contributed by atoms with van der Waals surface area (Å²) in [4.78, 5) is 11.4. The summed E-state index contributed by atoms with van der Waals surface area (Å²) in [5, 5.41) is 9.14. The van der Waals surface area contributed by atoms with E-state index in [1.165, 1.54) is 16.7 Å². The molecule has 0 aromatic heterocycles. The van der Waals surface area contributed by atoms with E-state index in [4.69, 9.17) is 9.84 Å². The molecule has 24 heavy (non-hydrogen) atoms. The Balaban J connectivity index is 0.000000143. The number of hydrogen-bond acceptors (Lipinski definition) is 3. The molecule has 0 heterocycles. The zero-order valence-electron chi connectivity index (χ0n) is 14.3. The largest absolute Gasteiger partial charge is 0.497 e. The van der Waals surface area contributed by atoms with E-state index in [1.807, 2.05) is 43.3 Å². The van der Waals surface area contributed by atoms with Gasteiger partial charge in [-0.05, 0) is 48.1 Å². The quantitative estimate of drug-likeness (QED) is 0.914. The highest BCUT2D eigenvalue weighted by molar-refractivity contribution is 6.01. The van der Waals surface area contributed by atoms with Gasteiger partial charge in [0.05, 0.1) is 7.11 Å². The lowest BCUT2D eigenvalue weighted by Gasteiger charge is -2.08. The molecule has 2 aliphatic carbocycles. The van der Waals surface area contributed by atoms with Crippen molar-refractivity contribution in [1.29, 1.82) is 0 Å². The van der Waals surface area contributed by atoms with E-state index in [9.17, 15) is 4.79 Å². The zero-order chi connectivity index (χ0) is 17.1. The van der Waals surface area contributed by atoms with Gasteiger partial charge in [0.1, 0.15) is 5.75 Å². The Bertz CT molecular complexity index is 736. The van der Waals surface area contributed by atoms with Crippen LogP contribution < -0.4 is 4.74 Å². The number of benzene rings is 2. The molecule has 0 saturated heterocycles. The number of carbonyl (C=O) groups is 1. The fraction of sp³-hybridized carbons (Fsp3) is 0.381. The second-order valence-corrected chi connectivity index (χ2v) is 6.61. The van der Waals surface area contributed by atoms with E-state index < -0.39 is 0 Å². The normalized spacial score (nSPS) is 20.9. The molecule has 0 fully saturated rings. The molecule has 3 nitrogen and oxygen atoms in total. The Kier molecular flexibility index (Phi) is 5.00. The molecular weight excluding hydrogens is 300 g/mol. The molecule has 2 atom stereocenters. The third-order valence-corrected chi connectivity index (χ3v) is 5.03. The smallest absolute Gasteiger partial charge is 0.166 e. The van der Waals surface area contributed by atoms with E-state index in [0.29, 0.717) is 11.7 Å². The highest BCUT2D eigenvalue weighted by Crippen LogP contribution is 2.34. The maximum Gasteiger partial charge on any atom is 0.166 e. The van der Waals surface area contributed by atoms with Crippen LogP contribution in [0.1, 0.15) is 46.3 Å². The van der Waals surface area contributed by atoms with Crippen molar-refractivity contribution >= 4 is 5.78 Å². The van der Waals surface area contributed by atoms with Crippen LogP contribution in [0.25, 0.3) is 0 Å². The molecule has 2 aromatic rings. The van der Waals surface area contributed by atoms with E-state index >= 15 is 0 Å². The van der Waals surface area contributed by atoms with Gasteiger partial charge in [0.15, 0.2) is 5.78 Å². The highest BCUT2D eigenvalue weighted by atomic mass is 16.5. The lowest BCUT2D eigenvalue weighted by molar-refractivity contribution is 0.0946. The number of aryl methyl sites for hydroxylation is 1. The van der Waals surface area contributed by atoms with Crippen LogP contribution in [0.3, 0.4) is 0 Å². The Morgan fingerprint density at radius 2 is 1.96 bits per heavy atom. The van der Waals surface area contributed by atoms with Crippen molar-refractivity contribution in [3.05, 3.63) is 64.7 Å². The number of ether oxygens (including phenoxy) is 1. The molecule has 0 bridgehead atoms. The molecule has 2 unspecified atom stereocenters. The number of Topliss-reactive ketones (excluding diaryl/α,β-unsaturated/α-hetero) is 1. The Hall–Kier alpha value is -2.13. The van der Waals surface area contributed by atoms with Gasteiger partial charge in [0.2, 0.25) is 0 Å². The maximum atomic E-state index is 11.4. The minimum atomic E-state index is 0.201. The molecule has 3 heteroatoms. The summed E-state index contributed by atoms with van der Waals surface area (Å²) < 4.78 is 5.15. The number of aliphatic hydroxyl groups is 1. The van der Waals surface area contributed by atoms with Crippen LogP contribution in [0, 0.1) is 5.92 Å². The van der Waals surface area contributed by atoms with E-state index in [-0.39, 0.29) is 12.5 Å². The molecule has 126 valence electrons. The molecule has 1 N–H and O–H groups in total. The van der Waals surface area contributed by atoms with Crippen LogP contribution in [-0.4, -0.2) is 24.6 Å². The van der Waals surface area contributed by atoms with Crippen molar-refractivity contribution in [2.75, 3.05) is 13.7 Å². The number of carbonyl (C=O) groups excluding carboxylic acids is 1. The predicted octanol–water partition coefficient (Wildman–Crippen LogP) is 3.78. The summed E-state index contributed by atoms with van der Waals surface area (Å²) in [7, 11) is 1.67. The number of fused-ring (bicyclic) bond motifs is 2. The van der Waals surface area contributed by atoms with Crippen molar-refractivity contribution in [3.63, 3.8) is 0 Å². The minimum absolute atomic E-state index is 0.201. The first-order chi connectivity index (χ1) is 11.6. The van der Waals surface area contributed by atoms with Crippen LogP contribution in [0.4, 0.5) is 0 Å². The molecule has 2 aliphatic rings. The Labute approximate surface area is 143 Å². The first-order valence-electron chi connectivity index (χ1n) is 8.53. The standard InChI is InChI=1S/C11H14O2.C10H10O/c1-13-10-5-4-8-2-3-9(7-12)11(8)6-10;1-7-6-8-4-2-3-5-9(8)10(7)11/h4-6,9,12H,2-3,7H2,1H3;2-5,7H,6H2,1H3. The molecule has 2 aromatic carbocycles. The number of aliphatic hydroxyl groups excluding tert-OH is 1. The van der Waals surface area contributed by atoms with Crippen molar-refractivity contribution < 1.29 is 14.6 Å². The second-order valence-electron chi connectivity index (χ2n) is 6.61. The third-order valence-electron chi connectivity index (χ3n) is 5.03. The van der Waals surface area contributed by atoms with Gasteiger partial charge < -0.3 is 9.84 Å². The van der Waals surface area contributed by atoms with Gasteiger partial charge in [0.25, 0.3) is 0 Å². The van der Waals surface area contributed by atoms with Crippen molar-refractivity contribution in [3.8, 4) is 5.75 Å². The van der Waals surface area contributed by atoms with Gasteiger partial charge in [-0.2, -0.15) is 0 Å². The fourth-order valence-electron chi connectivity index (χ4n) is 3.61. The van der Waals surface area contributed by atoms with Crippen molar-refractivity contribution in [2.24, 2.45) is 5.92 Å². The topological polar surface area (TPSA) is 46.5 Å². The molecule has 4 rings (SSSR count). The van der Waals surface area contributed by atoms with E-state index in [2.05, 4.69) is 6.07 Å². The van der Waals surface area contributed by atoms with Gasteiger partial charge in [0, 0.05) is 24.0 Å². The summed E-state index contributed by atoms with van der Waals surface area (Å²) in [6.45, 7) is 2.24. The molecule has 0 aliphatic heterocycles. The van der Waals surface area contributed by atoms with Gasteiger partial charge in [-0.25, -0.2) is 0 Å². The van der Waals surface area contributed by atoms with Gasteiger partial charge >= 0.3 is 0 Å². The lowest BCUT2D eigenvalue weighted by Crippen LogP contribution is -2.02. The number of rotatable bonds is 2. The zero-order valence-corrected chi connectivity index (χ0v) is 14.3. The average Bonchev–Trinajstić information content (AvgIpc) is 3.16. The number of ketones is 1. The first-order valence-corrected chi connectivity index (χ1v) is 8.53. The highest BCUT2D eigenvalue weighted by Gasteiger charge is 2.25. The van der Waals surface area contributed by atoms with Crippen LogP contribution in [0.2, 0.25) is 0 Å². The van der Waals surface area contributed by atoms with Gasteiger partial charge in [-0.1, -0.05) is 37.3 Å². The van der Waals surface area contributed by atoms with Gasteiger partial charge in [-0.15, -0.1) is 0 Å². The Morgan fingerprint density at radius 1 is 1.17 bits per heavy atom. The first kappa shape index (κ1) is 16.7. The molecule has 0 radical (unpaired) electrons. The number of methoxy groups -OCH3 is 1. The molecule has 0 amide bonds. The van der Waals surface area contributed by atoms with Crippen LogP contribution in [0.15, 0.2) is 42.5 Å². The summed E-state index contributed by atoms with van der Waals surface area (Å²) in [5.74, 6) is 1.72. The maximum absolute atomic E-state index is 11.4. The average molecular weight is 324 g/mol. The summed E-state index contributed by atoms with van der Waals surface area (Å²) in [6, 6.07) is 14.0. The predicted molar refractivity (Wildman–Crippen MR) is 94.8 cm³/mol. The van der Waals surface area contributed by atoms with Crippen LogP contribution in [0.5, 0.6) is 5.75 Å². The summed E-state index contributed by atoms with van der Waals surface area (Å²) in [5.41, 5.74) is 4.77. The Morgan fingerprint density at radius 3 is 2.67 bits per heavy atom. The second kappa shape index (κ2) is 7.18. The lowest BCUT2D eigenvalue weighted by atomic mass is 10.0. The number of hydrogen-bond donors (Lipinski definition) is 1. The van der Waals surface area contributed by atoms with Crippen molar-refractivity contribution in [1.82, 2.24) is 0 Å². The SMILES string of the molecule is CC1Cc2ccccc2C1=O.COc1ccc2c(c1)C(CO)CC2. The van der Waals surface area contributed by atoms with Gasteiger partial charge in [-0.3, -0.25) is 4.79 Å². The minimum Gasteiger partial charge on any atom is -0.497 e. The molecule has 0 spiro atoms. The summed E-state index contributed by atoms with van der Waals surface area (Å²) in [6.07, 6.45) is 3.08. The summed E-state index contributed by atoms with van der Waals surface area (Å²) >= 11 is 0. The monoisotopic (exact) mass is 324 g/mol. The fourth-order valence-corrected chi connectivity index (χ4v) is 3.61. The molecule has 0 saturated carbocycles. The molecular formula is C21H24O3. The van der Waals surface area contributed by atoms with Crippen molar-refractivity contribution in [2.45, 2.75) is 32.1 Å². The van der Waals surface area contributed by atoms with Crippen LogP contribution >= 0.6 is 0 Å².